The molecular formula is C29H36ClN3O3. The van der Waals surface area contributed by atoms with Crippen LogP contribution in [0.5, 0.6) is 0 Å². The van der Waals surface area contributed by atoms with Crippen molar-refractivity contribution in [1.82, 2.24) is 4.90 Å². The summed E-state index contributed by atoms with van der Waals surface area (Å²) in [5.41, 5.74) is 1.45. The molecule has 0 aromatic heterocycles. The van der Waals surface area contributed by atoms with Crippen LogP contribution in [-0.2, 0) is 20.9 Å². The molecule has 1 unspecified atom stereocenters. The molecule has 1 amide bonds. The first-order chi connectivity index (χ1) is 17.6. The lowest BCUT2D eigenvalue weighted by Gasteiger charge is -2.48. The number of piperidine rings is 1. The van der Waals surface area contributed by atoms with Gasteiger partial charge in [-0.25, -0.2) is 0 Å². The van der Waals surface area contributed by atoms with Gasteiger partial charge in [-0.05, 0) is 43.4 Å². The van der Waals surface area contributed by atoms with E-state index in [1.807, 2.05) is 59.5 Å². The summed E-state index contributed by atoms with van der Waals surface area (Å²) in [6.07, 6.45) is 8.92. The molecule has 2 heterocycles. The summed E-state index contributed by atoms with van der Waals surface area (Å²) in [6, 6.07) is 17.8. The second-order valence-corrected chi connectivity index (χ2v) is 10.7. The Kier molecular flexibility index (Phi) is 7.82. The fourth-order valence-electron chi connectivity index (χ4n) is 6.17. The van der Waals surface area contributed by atoms with Crippen LogP contribution in [0.15, 0.2) is 54.6 Å². The van der Waals surface area contributed by atoms with E-state index in [9.17, 15) is 9.59 Å². The molecule has 2 aromatic carbocycles. The summed E-state index contributed by atoms with van der Waals surface area (Å²) in [5.74, 6) is -0.187. The Morgan fingerprint density at radius 1 is 0.944 bits per heavy atom. The summed E-state index contributed by atoms with van der Waals surface area (Å²) in [7, 11) is 0. The second kappa shape index (κ2) is 11.2. The Morgan fingerprint density at radius 2 is 1.58 bits per heavy atom. The molecule has 1 N–H and O–H groups in total. The quantitative estimate of drug-likeness (QED) is 0.318. The van der Waals surface area contributed by atoms with Crippen LogP contribution in [0.1, 0.15) is 63.4 Å². The highest BCUT2D eigenvalue weighted by Crippen LogP contribution is 2.39. The van der Waals surface area contributed by atoms with Gasteiger partial charge in [-0.2, -0.15) is 0 Å². The lowest BCUT2D eigenvalue weighted by atomic mass is 9.80. The molecule has 1 saturated carbocycles. The van der Waals surface area contributed by atoms with Crippen LogP contribution >= 0.6 is 11.6 Å². The topological polar surface area (TPSA) is 61.9 Å². The Hall–Kier alpha value is -2.57. The van der Waals surface area contributed by atoms with Gasteiger partial charge >= 0.3 is 5.97 Å². The maximum absolute atomic E-state index is 13.7. The number of para-hydroxylation sites is 2. The SMILES string of the molecule is O=C1C(Cl)Nc2ccccc2N1C1CCN(C2(C(=O)OCc3ccccc3)CCCCCCC2)CC1. The zero-order chi connectivity index (χ0) is 25.0. The first kappa shape index (κ1) is 25.1. The Morgan fingerprint density at radius 3 is 2.31 bits per heavy atom. The summed E-state index contributed by atoms with van der Waals surface area (Å²) in [5, 5.41) is 3.10. The first-order valence-corrected chi connectivity index (χ1v) is 13.8. The fraction of sp³-hybridized carbons (Fsp3) is 0.517. The number of amides is 1. The number of likely N-dealkylation sites (tertiary alicyclic amines) is 1. The number of nitrogens with zero attached hydrogens (tertiary/aromatic N) is 2. The van der Waals surface area contributed by atoms with E-state index >= 15 is 0 Å². The molecule has 0 bridgehead atoms. The monoisotopic (exact) mass is 509 g/mol. The van der Waals surface area contributed by atoms with Crippen molar-refractivity contribution in [2.75, 3.05) is 23.3 Å². The average molecular weight is 510 g/mol. The fourth-order valence-corrected chi connectivity index (χ4v) is 6.39. The third kappa shape index (κ3) is 5.12. The van der Waals surface area contributed by atoms with Gasteiger partial charge < -0.3 is 15.0 Å². The van der Waals surface area contributed by atoms with E-state index in [1.54, 1.807) is 0 Å². The van der Waals surface area contributed by atoms with Crippen LogP contribution < -0.4 is 10.2 Å². The number of alkyl halides is 1. The molecule has 5 rings (SSSR count). The molecule has 1 aliphatic carbocycles. The van der Waals surface area contributed by atoms with Crippen molar-refractivity contribution in [1.29, 1.82) is 0 Å². The number of rotatable bonds is 5. The molecule has 36 heavy (non-hydrogen) atoms. The van der Waals surface area contributed by atoms with Crippen LogP contribution in [0.3, 0.4) is 0 Å². The van der Waals surface area contributed by atoms with Gasteiger partial charge in [0, 0.05) is 19.1 Å². The van der Waals surface area contributed by atoms with Crippen LogP contribution in [0, 0.1) is 0 Å². The molecule has 6 nitrogen and oxygen atoms in total. The van der Waals surface area contributed by atoms with Crippen LogP contribution in [0.25, 0.3) is 0 Å². The van der Waals surface area contributed by atoms with E-state index in [0.29, 0.717) is 6.61 Å². The van der Waals surface area contributed by atoms with Crippen LogP contribution in [-0.4, -0.2) is 46.9 Å². The Balaban J connectivity index is 1.32. The minimum absolute atomic E-state index is 0.0594. The maximum atomic E-state index is 13.7. The van der Waals surface area contributed by atoms with E-state index in [0.717, 1.165) is 81.4 Å². The molecule has 2 aliphatic heterocycles. The summed E-state index contributed by atoms with van der Waals surface area (Å²) in [6.45, 7) is 1.83. The number of carbonyl (C=O) groups is 2. The van der Waals surface area contributed by atoms with Crippen LogP contribution in [0.2, 0.25) is 0 Å². The number of nitrogens with one attached hydrogen (secondary N) is 1. The van der Waals surface area contributed by atoms with E-state index in [2.05, 4.69) is 10.2 Å². The number of halogens is 1. The van der Waals surface area contributed by atoms with Gasteiger partial charge in [-0.3, -0.25) is 14.5 Å². The Labute approximate surface area is 218 Å². The highest BCUT2D eigenvalue weighted by Gasteiger charge is 2.47. The molecule has 3 aliphatic rings. The highest BCUT2D eigenvalue weighted by atomic mass is 35.5. The normalized spacial score (nSPS) is 23.2. The van der Waals surface area contributed by atoms with Crippen molar-refractivity contribution in [2.45, 2.75) is 81.5 Å². The van der Waals surface area contributed by atoms with Crippen molar-refractivity contribution in [3.63, 3.8) is 0 Å². The lowest BCUT2D eigenvalue weighted by Crippen LogP contribution is -2.61. The van der Waals surface area contributed by atoms with Crippen molar-refractivity contribution in [3.8, 4) is 0 Å². The van der Waals surface area contributed by atoms with Gasteiger partial charge in [-0.1, -0.05) is 86.2 Å². The van der Waals surface area contributed by atoms with Gasteiger partial charge in [0.05, 0.1) is 11.4 Å². The van der Waals surface area contributed by atoms with Gasteiger partial charge in [0.15, 0.2) is 5.50 Å². The van der Waals surface area contributed by atoms with Crippen molar-refractivity contribution < 1.29 is 14.3 Å². The molecule has 2 fully saturated rings. The van der Waals surface area contributed by atoms with E-state index in [-0.39, 0.29) is 17.9 Å². The van der Waals surface area contributed by atoms with E-state index in [4.69, 9.17) is 16.3 Å². The highest BCUT2D eigenvalue weighted by molar-refractivity contribution is 6.35. The predicted octanol–water partition coefficient (Wildman–Crippen LogP) is 5.70. The number of carbonyl (C=O) groups excluding carboxylic acids is 2. The number of esters is 1. The van der Waals surface area contributed by atoms with Crippen molar-refractivity contribution >= 4 is 34.9 Å². The largest absolute Gasteiger partial charge is 0.459 e. The molecular weight excluding hydrogens is 474 g/mol. The molecule has 0 radical (unpaired) electrons. The van der Waals surface area contributed by atoms with Gasteiger partial charge in [0.25, 0.3) is 5.91 Å². The average Bonchev–Trinajstić information content (AvgIpc) is 2.89. The number of hydrogen-bond donors (Lipinski definition) is 1. The third-order valence-corrected chi connectivity index (χ3v) is 8.40. The molecule has 7 heteroatoms. The summed E-state index contributed by atoms with van der Waals surface area (Å²) in [4.78, 5) is 31.1. The second-order valence-electron chi connectivity index (χ2n) is 10.3. The summed E-state index contributed by atoms with van der Waals surface area (Å²) >= 11 is 6.37. The minimum atomic E-state index is -0.761. The minimum Gasteiger partial charge on any atom is -0.459 e. The van der Waals surface area contributed by atoms with E-state index in [1.165, 1.54) is 6.42 Å². The van der Waals surface area contributed by atoms with Crippen LogP contribution in [0.4, 0.5) is 11.4 Å². The molecule has 1 atom stereocenters. The first-order valence-electron chi connectivity index (χ1n) is 13.4. The number of benzene rings is 2. The molecule has 0 spiro atoms. The van der Waals surface area contributed by atoms with Crippen molar-refractivity contribution in [2.24, 2.45) is 0 Å². The number of ether oxygens (including phenoxy) is 1. The lowest BCUT2D eigenvalue weighted by molar-refractivity contribution is -0.163. The van der Waals surface area contributed by atoms with Crippen molar-refractivity contribution in [3.05, 3.63) is 60.2 Å². The number of anilines is 2. The molecule has 192 valence electrons. The summed E-state index contributed by atoms with van der Waals surface area (Å²) < 4.78 is 5.97. The van der Waals surface area contributed by atoms with Gasteiger partial charge in [-0.15, -0.1) is 0 Å². The maximum Gasteiger partial charge on any atom is 0.326 e. The Bertz CT molecular complexity index is 1050. The molecule has 2 aromatic rings. The zero-order valence-corrected chi connectivity index (χ0v) is 21.6. The molecule has 1 saturated heterocycles. The number of fused-ring (bicyclic) bond motifs is 1. The zero-order valence-electron chi connectivity index (χ0n) is 20.8. The van der Waals surface area contributed by atoms with E-state index < -0.39 is 11.0 Å². The third-order valence-electron chi connectivity index (χ3n) is 8.11. The van der Waals surface area contributed by atoms with Gasteiger partial charge in [0.1, 0.15) is 12.1 Å². The smallest absolute Gasteiger partial charge is 0.326 e. The van der Waals surface area contributed by atoms with Gasteiger partial charge in [0.2, 0.25) is 0 Å². The standard InChI is InChI=1S/C29H36ClN3O3/c30-26-27(34)33(25-14-8-7-13-24(25)31-26)23-15-19-32(20-16-23)29(17-9-2-1-3-10-18-29)28(35)36-21-22-11-5-4-6-12-22/h4-8,11-14,23,26,31H,1-3,9-10,15-21H2. The predicted molar refractivity (Wildman–Crippen MR) is 143 cm³/mol. The number of hydrogen-bond acceptors (Lipinski definition) is 5.